The van der Waals surface area contributed by atoms with Gasteiger partial charge in [-0.15, -0.1) is 0 Å². The molecule has 0 aromatic heterocycles. The van der Waals surface area contributed by atoms with E-state index in [4.69, 9.17) is 9.47 Å². The summed E-state index contributed by atoms with van der Waals surface area (Å²) in [5.74, 6) is -0.558. The summed E-state index contributed by atoms with van der Waals surface area (Å²) in [4.78, 5) is 24.7. The van der Waals surface area contributed by atoms with Crippen molar-refractivity contribution in [3.63, 3.8) is 0 Å². The van der Waals surface area contributed by atoms with Crippen LogP contribution >= 0.6 is 0 Å². The molecule has 0 heterocycles. The molecule has 0 radical (unpaired) electrons. The molecule has 0 saturated heterocycles. The first-order valence-corrected chi connectivity index (χ1v) is 39.7. The molecule has 85 heavy (non-hydrogen) atoms. The predicted octanol–water partition coefficient (Wildman–Crippen LogP) is 27.7. The third-order valence-corrected chi connectivity index (χ3v) is 18.8. The lowest BCUT2D eigenvalue weighted by Gasteiger charge is -2.15. The Morgan fingerprint density at radius 3 is 0.635 bits per heavy atom. The molecular weight excluding hydrogens is 1040 g/mol. The van der Waals surface area contributed by atoms with Gasteiger partial charge in [-0.05, 0) is 38.5 Å². The van der Waals surface area contributed by atoms with Gasteiger partial charge in [0.05, 0.1) is 6.61 Å². The highest BCUT2D eigenvalue weighted by molar-refractivity contribution is 5.70. The SMILES string of the molecule is CCCCCCCCCC/C=C\CCCCCCCCCCCCCCCCCCCCCCCC(=O)OC(CO)COC(=O)CCCCCCCCCCCCCCCCCCCCCCCCCCCCCCCCCCCCCCCC. The van der Waals surface area contributed by atoms with E-state index in [-0.39, 0.29) is 25.2 Å². The minimum Gasteiger partial charge on any atom is -0.462 e. The third kappa shape index (κ3) is 75.0. The lowest BCUT2D eigenvalue weighted by molar-refractivity contribution is -0.161. The van der Waals surface area contributed by atoms with Crippen molar-refractivity contribution in [3.05, 3.63) is 12.2 Å². The van der Waals surface area contributed by atoms with Gasteiger partial charge in [-0.1, -0.05) is 431 Å². The van der Waals surface area contributed by atoms with Crippen molar-refractivity contribution < 1.29 is 24.2 Å². The van der Waals surface area contributed by atoms with Gasteiger partial charge in [-0.2, -0.15) is 0 Å². The molecule has 0 spiro atoms. The van der Waals surface area contributed by atoms with Crippen LogP contribution in [0, 0.1) is 0 Å². The summed E-state index contributed by atoms with van der Waals surface area (Å²) in [5, 5.41) is 9.72. The van der Waals surface area contributed by atoms with E-state index in [9.17, 15) is 14.7 Å². The number of hydrogen-bond donors (Lipinski definition) is 1. The highest BCUT2D eigenvalue weighted by Gasteiger charge is 2.16. The normalized spacial score (nSPS) is 12.1. The van der Waals surface area contributed by atoms with E-state index in [1.54, 1.807) is 0 Å². The van der Waals surface area contributed by atoms with E-state index >= 15 is 0 Å². The average molecular weight is 1200 g/mol. The molecule has 0 bridgehead atoms. The number of carbonyl (C=O) groups excluding carboxylic acids is 2. The van der Waals surface area contributed by atoms with E-state index in [2.05, 4.69) is 26.0 Å². The van der Waals surface area contributed by atoms with Crippen LogP contribution in [0.15, 0.2) is 12.2 Å². The molecule has 0 aliphatic heterocycles. The molecule has 5 nitrogen and oxygen atoms in total. The van der Waals surface area contributed by atoms with Crippen molar-refractivity contribution in [2.75, 3.05) is 13.2 Å². The Kier molecular flexibility index (Phi) is 75.7. The van der Waals surface area contributed by atoms with Gasteiger partial charge in [0.2, 0.25) is 0 Å². The van der Waals surface area contributed by atoms with Crippen LogP contribution in [0.5, 0.6) is 0 Å². The zero-order valence-electron chi connectivity index (χ0n) is 58.4. The van der Waals surface area contributed by atoms with E-state index in [1.807, 2.05) is 0 Å². The number of ether oxygens (including phenoxy) is 2. The summed E-state index contributed by atoms with van der Waals surface area (Å²) < 4.78 is 10.8. The number of rotatable bonds is 76. The average Bonchev–Trinajstić information content (AvgIpc) is 3.52. The summed E-state index contributed by atoms with van der Waals surface area (Å²) in [6, 6.07) is 0. The van der Waals surface area contributed by atoms with Gasteiger partial charge < -0.3 is 14.6 Å². The predicted molar refractivity (Wildman–Crippen MR) is 376 cm³/mol. The molecule has 0 aromatic rings. The summed E-state index contributed by atoms with van der Waals surface area (Å²) in [6.07, 6.45) is 100. The number of carbonyl (C=O) groups is 2. The van der Waals surface area contributed by atoms with Gasteiger partial charge in [0.25, 0.3) is 0 Å². The first-order valence-electron chi connectivity index (χ1n) is 39.7. The number of unbranched alkanes of at least 4 members (excludes halogenated alkanes) is 66. The zero-order chi connectivity index (χ0) is 61.2. The molecule has 5 heteroatoms. The van der Waals surface area contributed by atoms with E-state index < -0.39 is 6.10 Å². The lowest BCUT2D eigenvalue weighted by Crippen LogP contribution is -2.28. The van der Waals surface area contributed by atoms with Crippen molar-refractivity contribution >= 4 is 11.9 Å². The van der Waals surface area contributed by atoms with Crippen molar-refractivity contribution in [1.29, 1.82) is 0 Å². The van der Waals surface area contributed by atoms with Gasteiger partial charge >= 0.3 is 11.9 Å². The van der Waals surface area contributed by atoms with Gasteiger partial charge in [-0.25, -0.2) is 0 Å². The van der Waals surface area contributed by atoms with Crippen LogP contribution in [-0.2, 0) is 19.1 Å². The summed E-state index contributed by atoms with van der Waals surface area (Å²) in [5.41, 5.74) is 0. The lowest BCUT2D eigenvalue weighted by atomic mass is 10.0. The second-order valence-electron chi connectivity index (χ2n) is 27.5. The fraction of sp³-hybridized carbons (Fsp3) is 0.950. The zero-order valence-corrected chi connectivity index (χ0v) is 58.4. The first kappa shape index (κ1) is 83.6. The molecule has 1 unspecified atom stereocenters. The van der Waals surface area contributed by atoms with Gasteiger partial charge in [0.1, 0.15) is 6.61 Å². The maximum Gasteiger partial charge on any atom is 0.306 e. The van der Waals surface area contributed by atoms with Crippen LogP contribution in [0.25, 0.3) is 0 Å². The Bertz CT molecular complexity index is 1260. The number of hydrogen-bond acceptors (Lipinski definition) is 5. The summed E-state index contributed by atoms with van der Waals surface area (Å²) >= 11 is 0. The molecule has 0 aliphatic rings. The maximum absolute atomic E-state index is 12.4. The second-order valence-corrected chi connectivity index (χ2v) is 27.5. The Morgan fingerprint density at radius 1 is 0.259 bits per heavy atom. The third-order valence-electron chi connectivity index (χ3n) is 18.8. The van der Waals surface area contributed by atoms with Crippen LogP contribution in [-0.4, -0.2) is 36.4 Å². The van der Waals surface area contributed by atoms with Crippen LogP contribution in [0.4, 0.5) is 0 Å². The molecule has 0 fully saturated rings. The molecule has 0 aliphatic carbocycles. The monoisotopic (exact) mass is 1200 g/mol. The molecule has 506 valence electrons. The molecule has 1 N–H and O–H groups in total. The highest BCUT2D eigenvalue weighted by Crippen LogP contribution is 2.21. The summed E-state index contributed by atoms with van der Waals surface area (Å²) in [6.45, 7) is 4.23. The van der Waals surface area contributed by atoms with Crippen molar-refractivity contribution in [3.8, 4) is 0 Å². The standard InChI is InChI=1S/C80H156O5/c1-3-5-7-9-11-13-15-17-19-21-23-25-27-29-31-33-35-37-38-39-40-41-43-44-46-48-50-52-54-56-58-60-62-64-66-68-70-72-74-79(82)84-77-78(76-81)85-80(83)75-73-71-69-67-65-63-61-59-57-55-53-51-49-47-45-42-36-34-32-30-28-26-24-22-20-18-16-14-12-10-8-6-4-2/h22,24,78,81H,3-21,23,25-77H2,1-2H3/b24-22-. The number of aliphatic hydroxyl groups is 1. The summed E-state index contributed by atoms with van der Waals surface area (Å²) in [7, 11) is 0. The van der Waals surface area contributed by atoms with E-state index in [0.717, 1.165) is 32.1 Å². The fourth-order valence-electron chi connectivity index (χ4n) is 12.9. The first-order chi connectivity index (χ1) is 42.1. The number of esters is 2. The fourth-order valence-corrected chi connectivity index (χ4v) is 12.9. The van der Waals surface area contributed by atoms with Crippen LogP contribution in [0.1, 0.15) is 470 Å². The second kappa shape index (κ2) is 76.9. The highest BCUT2D eigenvalue weighted by atomic mass is 16.6. The topological polar surface area (TPSA) is 72.8 Å². The molecule has 0 rings (SSSR count). The molecule has 1 atom stereocenters. The van der Waals surface area contributed by atoms with Gasteiger partial charge in [-0.3, -0.25) is 9.59 Å². The largest absolute Gasteiger partial charge is 0.462 e. The van der Waals surface area contributed by atoms with E-state index in [1.165, 1.54) is 411 Å². The number of aliphatic hydroxyl groups excluding tert-OH is 1. The van der Waals surface area contributed by atoms with Gasteiger partial charge in [0.15, 0.2) is 6.10 Å². The minimum absolute atomic E-state index is 0.0563. The number of allylic oxidation sites excluding steroid dienone is 2. The smallest absolute Gasteiger partial charge is 0.306 e. The molecule has 0 saturated carbocycles. The molecule has 0 aromatic carbocycles. The van der Waals surface area contributed by atoms with Gasteiger partial charge in [0, 0.05) is 12.8 Å². The van der Waals surface area contributed by atoms with Crippen molar-refractivity contribution in [2.24, 2.45) is 0 Å². The van der Waals surface area contributed by atoms with Crippen LogP contribution < -0.4 is 0 Å². The van der Waals surface area contributed by atoms with Crippen LogP contribution in [0.2, 0.25) is 0 Å². The molecule has 0 amide bonds. The Morgan fingerprint density at radius 2 is 0.435 bits per heavy atom. The Hall–Kier alpha value is -1.36. The minimum atomic E-state index is -0.768. The maximum atomic E-state index is 12.4. The quantitative estimate of drug-likeness (QED) is 0.0373. The molecular formula is C80H156O5. The Balaban J connectivity index is 3.34. The van der Waals surface area contributed by atoms with Crippen LogP contribution in [0.3, 0.4) is 0 Å². The van der Waals surface area contributed by atoms with Crippen molar-refractivity contribution in [2.45, 2.75) is 476 Å². The van der Waals surface area contributed by atoms with E-state index in [0.29, 0.717) is 12.8 Å². The Labute approximate surface area is 534 Å². The van der Waals surface area contributed by atoms with Crippen molar-refractivity contribution in [1.82, 2.24) is 0 Å².